The maximum absolute atomic E-state index is 9.98. The SMILES string of the molecule is O=c1cc[nH][nH]1.c1ccc2c(c1)CCS2. The van der Waals surface area contributed by atoms with Crippen LogP contribution >= 0.6 is 11.8 Å². The van der Waals surface area contributed by atoms with Gasteiger partial charge in [-0.2, -0.15) is 0 Å². The molecule has 0 aliphatic carbocycles. The minimum absolute atomic E-state index is 0.0880. The van der Waals surface area contributed by atoms with E-state index in [0.717, 1.165) is 0 Å². The van der Waals surface area contributed by atoms with Crippen molar-refractivity contribution >= 4 is 11.8 Å². The van der Waals surface area contributed by atoms with Gasteiger partial charge in [-0.15, -0.1) is 11.8 Å². The zero-order valence-electron chi connectivity index (χ0n) is 8.19. The molecule has 0 bridgehead atoms. The Bertz CT molecular complexity index is 435. The first-order valence-electron chi connectivity index (χ1n) is 4.79. The van der Waals surface area contributed by atoms with Crippen LogP contribution in [-0.4, -0.2) is 16.0 Å². The number of thioether (sulfide) groups is 1. The first-order valence-corrected chi connectivity index (χ1v) is 5.77. The molecule has 0 radical (unpaired) electrons. The molecule has 78 valence electrons. The maximum Gasteiger partial charge on any atom is 0.263 e. The summed E-state index contributed by atoms with van der Waals surface area (Å²) in [7, 11) is 0. The van der Waals surface area contributed by atoms with Crippen LogP contribution in [-0.2, 0) is 6.42 Å². The Kier molecular flexibility index (Phi) is 3.29. The zero-order chi connectivity index (χ0) is 10.5. The normalized spacial score (nSPS) is 12.8. The minimum atomic E-state index is -0.0880. The molecule has 3 nitrogen and oxygen atoms in total. The zero-order valence-corrected chi connectivity index (χ0v) is 9.01. The smallest absolute Gasteiger partial charge is 0.263 e. The van der Waals surface area contributed by atoms with Crippen LogP contribution in [0.2, 0.25) is 0 Å². The van der Waals surface area contributed by atoms with E-state index in [-0.39, 0.29) is 5.56 Å². The lowest BCUT2D eigenvalue weighted by atomic mass is 10.2. The lowest BCUT2D eigenvalue weighted by molar-refractivity contribution is 1.06. The third-order valence-corrected chi connectivity index (χ3v) is 3.23. The summed E-state index contributed by atoms with van der Waals surface area (Å²) in [4.78, 5) is 11.5. The van der Waals surface area contributed by atoms with Crippen molar-refractivity contribution < 1.29 is 0 Å². The van der Waals surface area contributed by atoms with E-state index in [1.807, 2.05) is 11.8 Å². The number of hydrogen-bond donors (Lipinski definition) is 2. The number of hydrogen-bond acceptors (Lipinski definition) is 2. The van der Waals surface area contributed by atoms with Crippen molar-refractivity contribution in [3.63, 3.8) is 0 Å². The average molecular weight is 220 g/mol. The van der Waals surface area contributed by atoms with Gasteiger partial charge in [0, 0.05) is 22.9 Å². The molecule has 3 rings (SSSR count). The molecule has 0 amide bonds. The van der Waals surface area contributed by atoms with E-state index < -0.39 is 0 Å². The van der Waals surface area contributed by atoms with Crippen LogP contribution in [0.5, 0.6) is 0 Å². The summed E-state index contributed by atoms with van der Waals surface area (Å²) < 4.78 is 0. The molecule has 1 aliphatic rings. The van der Waals surface area contributed by atoms with Crippen molar-refractivity contribution in [1.82, 2.24) is 10.2 Å². The van der Waals surface area contributed by atoms with Gasteiger partial charge in [-0.3, -0.25) is 9.89 Å². The summed E-state index contributed by atoms with van der Waals surface area (Å²) in [5.41, 5.74) is 1.44. The highest BCUT2D eigenvalue weighted by atomic mass is 32.2. The fourth-order valence-electron chi connectivity index (χ4n) is 1.39. The molecule has 0 atom stereocenters. The van der Waals surface area contributed by atoms with Gasteiger partial charge in [0.15, 0.2) is 0 Å². The number of rotatable bonds is 0. The Labute approximate surface area is 91.9 Å². The molecule has 0 spiro atoms. The van der Waals surface area contributed by atoms with Crippen LogP contribution in [0.4, 0.5) is 0 Å². The van der Waals surface area contributed by atoms with Crippen LogP contribution in [0.3, 0.4) is 0 Å². The predicted octanol–water partition coefficient (Wildman–Crippen LogP) is 2.04. The van der Waals surface area contributed by atoms with Gasteiger partial charge in [0.25, 0.3) is 5.56 Å². The summed E-state index contributed by atoms with van der Waals surface area (Å²) in [5.74, 6) is 1.28. The molecule has 1 aromatic carbocycles. The van der Waals surface area contributed by atoms with E-state index in [4.69, 9.17) is 0 Å². The highest BCUT2D eigenvalue weighted by molar-refractivity contribution is 7.99. The Morgan fingerprint density at radius 2 is 2.07 bits per heavy atom. The van der Waals surface area contributed by atoms with Gasteiger partial charge < -0.3 is 5.10 Å². The average Bonchev–Trinajstić information content (AvgIpc) is 2.88. The van der Waals surface area contributed by atoms with E-state index in [9.17, 15) is 4.79 Å². The Morgan fingerprint density at radius 1 is 1.20 bits per heavy atom. The van der Waals surface area contributed by atoms with Gasteiger partial charge in [0.05, 0.1) is 0 Å². The van der Waals surface area contributed by atoms with Crippen LogP contribution < -0.4 is 5.56 Å². The quantitative estimate of drug-likeness (QED) is 0.713. The van der Waals surface area contributed by atoms with Crippen molar-refractivity contribution in [3.8, 4) is 0 Å². The molecule has 0 fully saturated rings. The predicted molar refractivity (Wildman–Crippen MR) is 62.3 cm³/mol. The third kappa shape index (κ3) is 2.76. The summed E-state index contributed by atoms with van der Waals surface area (Å²) in [6.07, 6.45) is 2.81. The molecular weight excluding hydrogens is 208 g/mol. The third-order valence-electron chi connectivity index (χ3n) is 2.11. The van der Waals surface area contributed by atoms with Gasteiger partial charge in [-0.25, -0.2) is 0 Å². The van der Waals surface area contributed by atoms with E-state index in [2.05, 4.69) is 34.5 Å². The van der Waals surface area contributed by atoms with Crippen molar-refractivity contribution in [2.75, 3.05) is 5.75 Å². The van der Waals surface area contributed by atoms with Crippen LogP contribution in [0, 0.1) is 0 Å². The Hall–Kier alpha value is -1.42. The van der Waals surface area contributed by atoms with Crippen LogP contribution in [0.15, 0.2) is 46.2 Å². The largest absolute Gasteiger partial charge is 0.305 e. The highest BCUT2D eigenvalue weighted by Crippen LogP contribution is 2.30. The van der Waals surface area contributed by atoms with Crippen molar-refractivity contribution in [2.24, 2.45) is 0 Å². The standard InChI is InChI=1S/C8H8S.C3H4N2O/c1-2-4-8-7(3-1)5-6-9-8;6-3-1-2-4-5-3/h1-4H,5-6H2;1-2H,(H2,4,5,6). The monoisotopic (exact) mass is 220 g/mol. The first kappa shape index (κ1) is 10.1. The van der Waals surface area contributed by atoms with E-state index in [1.165, 1.54) is 28.7 Å². The van der Waals surface area contributed by atoms with Crippen molar-refractivity contribution in [2.45, 2.75) is 11.3 Å². The van der Waals surface area contributed by atoms with Gasteiger partial charge in [-0.05, 0) is 18.1 Å². The molecule has 4 heteroatoms. The number of aromatic nitrogens is 2. The molecule has 2 aromatic rings. The summed E-state index contributed by atoms with van der Waals surface area (Å²) >= 11 is 1.97. The van der Waals surface area contributed by atoms with Crippen LogP contribution in [0.1, 0.15) is 5.56 Å². The molecule has 2 heterocycles. The second-order valence-electron chi connectivity index (χ2n) is 3.17. The van der Waals surface area contributed by atoms with E-state index in [1.54, 1.807) is 6.20 Å². The Morgan fingerprint density at radius 3 is 2.67 bits per heavy atom. The van der Waals surface area contributed by atoms with Gasteiger partial charge in [0.1, 0.15) is 0 Å². The fourth-order valence-corrected chi connectivity index (χ4v) is 2.47. The molecule has 1 aliphatic heterocycles. The molecule has 2 N–H and O–H groups in total. The molecule has 0 saturated heterocycles. The fraction of sp³-hybridized carbons (Fsp3) is 0.182. The highest BCUT2D eigenvalue weighted by Gasteiger charge is 2.07. The van der Waals surface area contributed by atoms with Crippen LogP contribution in [0.25, 0.3) is 0 Å². The summed E-state index contributed by atoms with van der Waals surface area (Å²) in [6.45, 7) is 0. The topological polar surface area (TPSA) is 48.6 Å². The number of aromatic amines is 2. The Balaban J connectivity index is 0.000000124. The lowest BCUT2D eigenvalue weighted by Crippen LogP contribution is -1.93. The van der Waals surface area contributed by atoms with Gasteiger partial charge in [0.2, 0.25) is 0 Å². The van der Waals surface area contributed by atoms with Crippen molar-refractivity contribution in [1.29, 1.82) is 0 Å². The van der Waals surface area contributed by atoms with E-state index in [0.29, 0.717) is 0 Å². The minimum Gasteiger partial charge on any atom is -0.305 e. The number of H-pyrrole nitrogens is 2. The maximum atomic E-state index is 9.98. The molecule has 0 saturated carbocycles. The summed E-state index contributed by atoms with van der Waals surface area (Å²) in [6, 6.07) is 10.1. The van der Waals surface area contributed by atoms with Gasteiger partial charge >= 0.3 is 0 Å². The van der Waals surface area contributed by atoms with E-state index >= 15 is 0 Å². The molecule has 1 aromatic heterocycles. The molecule has 15 heavy (non-hydrogen) atoms. The molecule has 0 unspecified atom stereocenters. The summed E-state index contributed by atoms with van der Waals surface area (Å²) in [5, 5.41) is 4.81. The number of aryl methyl sites for hydroxylation is 1. The lowest BCUT2D eigenvalue weighted by Gasteiger charge is -1.92. The number of benzene rings is 1. The second kappa shape index (κ2) is 4.89. The van der Waals surface area contributed by atoms with Gasteiger partial charge in [-0.1, -0.05) is 18.2 Å². The number of nitrogens with one attached hydrogen (secondary N) is 2. The van der Waals surface area contributed by atoms with Crippen molar-refractivity contribution in [3.05, 3.63) is 52.4 Å². The number of fused-ring (bicyclic) bond motifs is 1. The first-order chi connectivity index (χ1) is 7.36. The second-order valence-corrected chi connectivity index (χ2v) is 4.31. The molecular formula is C11H12N2OS.